The Morgan fingerprint density at radius 2 is 2.00 bits per heavy atom. The molecule has 1 N–H and O–H groups in total. The number of likely N-dealkylation sites (N-methyl/N-ethyl adjacent to an activating group) is 2. The highest BCUT2D eigenvalue weighted by atomic mass is 16.5. The van der Waals surface area contributed by atoms with E-state index >= 15 is 0 Å². The predicted molar refractivity (Wildman–Crippen MR) is 90.9 cm³/mol. The van der Waals surface area contributed by atoms with Gasteiger partial charge in [0.2, 0.25) is 0 Å². The van der Waals surface area contributed by atoms with Crippen molar-refractivity contribution >= 4 is 0 Å². The van der Waals surface area contributed by atoms with Crippen LogP contribution in [0.2, 0.25) is 0 Å². The lowest BCUT2D eigenvalue weighted by atomic mass is 9.94. The van der Waals surface area contributed by atoms with E-state index in [1.165, 1.54) is 32.4 Å². The van der Waals surface area contributed by atoms with Gasteiger partial charge >= 0.3 is 0 Å². The molecule has 0 aliphatic carbocycles. The molecule has 1 heterocycles. The lowest BCUT2D eigenvalue weighted by Crippen LogP contribution is -2.53. The zero-order chi connectivity index (χ0) is 15.9. The minimum Gasteiger partial charge on any atom is -0.379 e. The van der Waals surface area contributed by atoms with Gasteiger partial charge in [-0.2, -0.15) is 0 Å². The molecule has 4 heteroatoms. The fourth-order valence-electron chi connectivity index (χ4n) is 3.11. The summed E-state index contributed by atoms with van der Waals surface area (Å²) in [5.41, 5.74) is -0.0264. The highest BCUT2D eigenvalue weighted by Gasteiger charge is 2.29. The molecular formula is C17H37N3O. The van der Waals surface area contributed by atoms with Crippen LogP contribution in [-0.2, 0) is 4.74 Å². The lowest BCUT2D eigenvalue weighted by Gasteiger charge is -2.36. The molecule has 0 saturated carbocycles. The van der Waals surface area contributed by atoms with Crippen molar-refractivity contribution in [2.75, 3.05) is 47.4 Å². The maximum Gasteiger partial charge on any atom is 0.0623 e. The van der Waals surface area contributed by atoms with E-state index in [0.717, 1.165) is 19.5 Å². The van der Waals surface area contributed by atoms with Gasteiger partial charge in [0.15, 0.2) is 0 Å². The maximum atomic E-state index is 5.60. The monoisotopic (exact) mass is 299 g/mol. The molecule has 2 unspecified atom stereocenters. The number of hydrogen-bond acceptors (Lipinski definition) is 4. The Bertz CT molecular complexity index is 283. The van der Waals surface area contributed by atoms with E-state index in [-0.39, 0.29) is 5.60 Å². The number of nitrogens with one attached hydrogen (secondary N) is 1. The standard InChI is InChI=1S/C17H37N3O/c1-7-11-18-15(9-10-17(2,3)21-6)16-14-19(4)12-8-13-20(16)5/h15-16,18H,7-14H2,1-6H3. The molecule has 1 aliphatic rings. The third kappa shape index (κ3) is 6.64. The van der Waals surface area contributed by atoms with Crippen LogP contribution in [-0.4, -0.2) is 74.9 Å². The molecular weight excluding hydrogens is 262 g/mol. The molecule has 0 bridgehead atoms. The van der Waals surface area contributed by atoms with Gasteiger partial charge in [0.25, 0.3) is 0 Å². The van der Waals surface area contributed by atoms with Crippen molar-refractivity contribution in [1.29, 1.82) is 0 Å². The average Bonchev–Trinajstić information content (AvgIpc) is 2.61. The fraction of sp³-hybridized carbons (Fsp3) is 1.00. The number of methoxy groups -OCH3 is 1. The predicted octanol–water partition coefficient (Wildman–Crippen LogP) is 2.20. The molecule has 2 atom stereocenters. The van der Waals surface area contributed by atoms with Gasteiger partial charge in [-0.05, 0) is 73.3 Å². The van der Waals surface area contributed by atoms with Crippen LogP contribution in [0.25, 0.3) is 0 Å². The van der Waals surface area contributed by atoms with E-state index in [1.54, 1.807) is 0 Å². The third-order valence-corrected chi connectivity index (χ3v) is 4.85. The molecule has 0 spiro atoms. The maximum absolute atomic E-state index is 5.60. The highest BCUT2D eigenvalue weighted by molar-refractivity contribution is 4.89. The minimum absolute atomic E-state index is 0.0264. The smallest absolute Gasteiger partial charge is 0.0623 e. The van der Waals surface area contributed by atoms with Gasteiger partial charge in [0.1, 0.15) is 0 Å². The fourth-order valence-corrected chi connectivity index (χ4v) is 3.11. The summed E-state index contributed by atoms with van der Waals surface area (Å²) >= 11 is 0. The van der Waals surface area contributed by atoms with E-state index in [2.05, 4.69) is 50.0 Å². The molecule has 0 aromatic rings. The van der Waals surface area contributed by atoms with Crippen LogP contribution < -0.4 is 5.32 Å². The molecule has 21 heavy (non-hydrogen) atoms. The van der Waals surface area contributed by atoms with Crippen molar-refractivity contribution in [2.24, 2.45) is 0 Å². The molecule has 0 amide bonds. The average molecular weight is 300 g/mol. The van der Waals surface area contributed by atoms with Crippen LogP contribution in [0.15, 0.2) is 0 Å². The summed E-state index contributed by atoms with van der Waals surface area (Å²) in [6, 6.07) is 1.14. The second kappa shape index (κ2) is 9.09. The van der Waals surface area contributed by atoms with E-state index in [0.29, 0.717) is 12.1 Å². The van der Waals surface area contributed by atoms with E-state index in [1.807, 2.05) is 7.11 Å². The van der Waals surface area contributed by atoms with Gasteiger partial charge in [-0.15, -0.1) is 0 Å². The molecule has 0 radical (unpaired) electrons. The number of hydrogen-bond donors (Lipinski definition) is 1. The van der Waals surface area contributed by atoms with Gasteiger partial charge in [0.05, 0.1) is 5.60 Å². The Morgan fingerprint density at radius 3 is 2.62 bits per heavy atom. The first-order chi connectivity index (χ1) is 9.89. The number of ether oxygens (including phenoxy) is 1. The second-order valence-corrected chi connectivity index (χ2v) is 7.23. The Labute approximate surface area is 132 Å². The summed E-state index contributed by atoms with van der Waals surface area (Å²) in [4.78, 5) is 5.03. The largest absolute Gasteiger partial charge is 0.379 e. The van der Waals surface area contributed by atoms with Crippen molar-refractivity contribution in [3.63, 3.8) is 0 Å². The third-order valence-electron chi connectivity index (χ3n) is 4.85. The molecule has 4 nitrogen and oxygen atoms in total. The summed E-state index contributed by atoms with van der Waals surface area (Å²) in [6.07, 6.45) is 4.73. The summed E-state index contributed by atoms with van der Waals surface area (Å²) in [5, 5.41) is 3.79. The zero-order valence-corrected chi connectivity index (χ0v) is 15.1. The van der Waals surface area contributed by atoms with Crippen LogP contribution in [0, 0.1) is 0 Å². The second-order valence-electron chi connectivity index (χ2n) is 7.23. The Kier molecular flexibility index (Phi) is 8.17. The summed E-state index contributed by atoms with van der Waals surface area (Å²) in [5.74, 6) is 0. The van der Waals surface area contributed by atoms with Crippen LogP contribution in [0.4, 0.5) is 0 Å². The minimum atomic E-state index is -0.0264. The van der Waals surface area contributed by atoms with Crippen LogP contribution in [0.5, 0.6) is 0 Å². The molecule has 0 aromatic heterocycles. The molecule has 1 saturated heterocycles. The zero-order valence-electron chi connectivity index (χ0n) is 15.1. The quantitative estimate of drug-likeness (QED) is 0.743. The van der Waals surface area contributed by atoms with Crippen molar-refractivity contribution < 1.29 is 4.74 Å². The molecule has 1 fully saturated rings. The first kappa shape index (κ1) is 18.9. The van der Waals surface area contributed by atoms with Gasteiger partial charge < -0.3 is 19.9 Å². The van der Waals surface area contributed by atoms with Crippen molar-refractivity contribution in [3.05, 3.63) is 0 Å². The number of nitrogens with zero attached hydrogens (tertiary/aromatic N) is 2. The van der Waals surface area contributed by atoms with Crippen molar-refractivity contribution in [2.45, 2.75) is 64.1 Å². The van der Waals surface area contributed by atoms with Gasteiger partial charge in [-0.3, -0.25) is 0 Å². The summed E-state index contributed by atoms with van der Waals surface area (Å²) < 4.78 is 5.60. The highest BCUT2D eigenvalue weighted by Crippen LogP contribution is 2.20. The van der Waals surface area contributed by atoms with Crippen molar-refractivity contribution in [3.8, 4) is 0 Å². The van der Waals surface area contributed by atoms with Gasteiger partial charge in [-0.1, -0.05) is 6.92 Å². The van der Waals surface area contributed by atoms with Crippen molar-refractivity contribution in [1.82, 2.24) is 15.1 Å². The summed E-state index contributed by atoms with van der Waals surface area (Å²) in [7, 11) is 6.36. The molecule has 126 valence electrons. The van der Waals surface area contributed by atoms with E-state index < -0.39 is 0 Å². The first-order valence-corrected chi connectivity index (χ1v) is 8.57. The van der Waals surface area contributed by atoms with Gasteiger partial charge in [-0.25, -0.2) is 0 Å². The molecule has 1 rings (SSSR count). The SMILES string of the molecule is CCCNC(CCC(C)(C)OC)C1CN(C)CCCN1C. The molecule has 1 aliphatic heterocycles. The normalized spacial score (nSPS) is 24.0. The summed E-state index contributed by atoms with van der Waals surface area (Å²) in [6.45, 7) is 11.3. The molecule has 0 aromatic carbocycles. The first-order valence-electron chi connectivity index (χ1n) is 8.57. The van der Waals surface area contributed by atoms with Crippen LogP contribution in [0.3, 0.4) is 0 Å². The van der Waals surface area contributed by atoms with Gasteiger partial charge in [0, 0.05) is 25.7 Å². The Hall–Kier alpha value is -0.160. The van der Waals surface area contributed by atoms with E-state index in [9.17, 15) is 0 Å². The van der Waals surface area contributed by atoms with Crippen LogP contribution in [0.1, 0.15) is 46.5 Å². The number of rotatable bonds is 8. The lowest BCUT2D eigenvalue weighted by molar-refractivity contribution is 0.00879. The Morgan fingerprint density at radius 1 is 1.29 bits per heavy atom. The van der Waals surface area contributed by atoms with Crippen LogP contribution >= 0.6 is 0 Å². The van der Waals surface area contributed by atoms with E-state index in [4.69, 9.17) is 4.74 Å². The topological polar surface area (TPSA) is 27.7 Å². The Balaban J connectivity index is 2.69.